The van der Waals surface area contributed by atoms with Crippen LogP contribution < -0.4 is 23.7 Å². The van der Waals surface area contributed by atoms with E-state index in [9.17, 15) is 9.90 Å². The van der Waals surface area contributed by atoms with Crippen molar-refractivity contribution in [3.05, 3.63) is 41.0 Å². The number of benzene rings is 2. The summed E-state index contributed by atoms with van der Waals surface area (Å²) in [5, 5.41) is 10.5. The van der Waals surface area contributed by atoms with Gasteiger partial charge in [-0.05, 0) is 53.8 Å². The molecule has 2 aromatic carbocycles. The van der Waals surface area contributed by atoms with Crippen LogP contribution in [-0.4, -0.2) is 64.3 Å². The molecule has 40 heavy (non-hydrogen) atoms. The number of ether oxygens (including phenoxy) is 8. The molecule has 4 aliphatic rings. The summed E-state index contributed by atoms with van der Waals surface area (Å²) in [4.78, 5) is 13.4. The van der Waals surface area contributed by atoms with Gasteiger partial charge in [0, 0.05) is 18.3 Å². The summed E-state index contributed by atoms with van der Waals surface area (Å²) in [6.45, 7) is 2.41. The fraction of sp³-hybridized carbons (Fsp3) is 0.567. The van der Waals surface area contributed by atoms with Crippen molar-refractivity contribution in [2.24, 2.45) is 11.8 Å². The average Bonchev–Trinajstić information content (AvgIpc) is 3.59. The molecule has 0 amide bonds. The molecule has 3 aliphatic heterocycles. The summed E-state index contributed by atoms with van der Waals surface area (Å²) in [6, 6.07) is 7.65. The Morgan fingerprint density at radius 3 is 2.27 bits per heavy atom. The largest absolute Gasteiger partial charge is 0.493 e. The maximum absolute atomic E-state index is 13.4. The predicted octanol–water partition coefficient (Wildman–Crippen LogP) is 4.10. The number of carbonyl (C=O) groups is 1. The zero-order valence-corrected chi connectivity index (χ0v) is 23.2. The van der Waals surface area contributed by atoms with E-state index in [1.54, 1.807) is 21.3 Å². The van der Waals surface area contributed by atoms with Crippen molar-refractivity contribution in [1.82, 2.24) is 0 Å². The van der Waals surface area contributed by atoms with Crippen molar-refractivity contribution in [2.75, 3.05) is 34.7 Å². The molecule has 0 unspecified atom stereocenters. The second kappa shape index (κ2) is 11.0. The van der Waals surface area contributed by atoms with Crippen LogP contribution in [0.25, 0.3) is 0 Å². The highest BCUT2D eigenvalue weighted by Crippen LogP contribution is 2.57. The Kier molecular flexibility index (Phi) is 7.41. The van der Waals surface area contributed by atoms with E-state index < -0.39 is 24.4 Å². The van der Waals surface area contributed by atoms with Crippen molar-refractivity contribution in [1.29, 1.82) is 0 Å². The summed E-state index contributed by atoms with van der Waals surface area (Å²) in [5.74, 6) is 1.23. The third kappa shape index (κ3) is 4.52. The van der Waals surface area contributed by atoms with Gasteiger partial charge in [0.05, 0.1) is 52.2 Å². The maximum atomic E-state index is 13.4. The lowest BCUT2D eigenvalue weighted by atomic mass is 9.66. The monoisotopic (exact) mass is 556 g/mol. The number of carbonyl (C=O) groups excluding carboxylic acids is 1. The molecule has 0 bridgehead atoms. The molecule has 7 atom stereocenters. The first-order valence-electron chi connectivity index (χ1n) is 13.9. The lowest BCUT2D eigenvalue weighted by molar-refractivity contribution is -0.250. The van der Waals surface area contributed by atoms with Crippen molar-refractivity contribution in [3.8, 4) is 28.7 Å². The van der Waals surface area contributed by atoms with E-state index in [0.29, 0.717) is 41.6 Å². The summed E-state index contributed by atoms with van der Waals surface area (Å²) in [7, 11) is 4.69. The topological polar surface area (TPSA) is 111 Å². The Morgan fingerprint density at radius 1 is 0.925 bits per heavy atom. The van der Waals surface area contributed by atoms with Gasteiger partial charge in [0.25, 0.3) is 0 Å². The van der Waals surface area contributed by atoms with Crippen LogP contribution in [0.3, 0.4) is 0 Å². The Balaban J connectivity index is 1.45. The highest BCUT2D eigenvalue weighted by Gasteiger charge is 2.54. The SMILES string of the molecule is CCC[C@@H]1O[C@@H](O[C@H]2c3cc4c(cc3[C@@H](c3cc(OC)c(OC)c(OC)c3)[C@H]3C(=O)OC[C@@H]32)OCO4)CC[C@H]1O. The van der Waals surface area contributed by atoms with Crippen LogP contribution in [0, 0.1) is 11.8 Å². The predicted molar refractivity (Wildman–Crippen MR) is 141 cm³/mol. The number of aliphatic hydroxyl groups excluding tert-OH is 1. The van der Waals surface area contributed by atoms with Crippen LogP contribution in [-0.2, 0) is 19.0 Å². The van der Waals surface area contributed by atoms with Crippen LogP contribution >= 0.6 is 0 Å². The smallest absolute Gasteiger partial charge is 0.310 e. The normalized spacial score (nSPS) is 30.3. The number of hydrogen-bond acceptors (Lipinski definition) is 10. The molecule has 0 saturated carbocycles. The minimum absolute atomic E-state index is 0.121. The Hall–Kier alpha value is -3.21. The van der Waals surface area contributed by atoms with Crippen molar-refractivity contribution < 1.29 is 47.8 Å². The molecular formula is C30H36O10. The minimum Gasteiger partial charge on any atom is -0.493 e. The third-order valence-electron chi connectivity index (χ3n) is 8.49. The van der Waals surface area contributed by atoms with Gasteiger partial charge in [-0.3, -0.25) is 4.79 Å². The first-order chi connectivity index (χ1) is 19.5. The van der Waals surface area contributed by atoms with Crippen molar-refractivity contribution in [3.63, 3.8) is 0 Å². The molecule has 10 nitrogen and oxygen atoms in total. The first-order valence-corrected chi connectivity index (χ1v) is 13.9. The van der Waals surface area contributed by atoms with E-state index in [1.165, 1.54) is 0 Å². The van der Waals surface area contributed by atoms with E-state index in [0.717, 1.165) is 29.5 Å². The van der Waals surface area contributed by atoms with Gasteiger partial charge >= 0.3 is 5.97 Å². The zero-order chi connectivity index (χ0) is 28.0. The van der Waals surface area contributed by atoms with Gasteiger partial charge in [0.2, 0.25) is 12.5 Å². The number of hydrogen-bond donors (Lipinski definition) is 1. The van der Waals surface area contributed by atoms with Crippen LogP contribution in [0.5, 0.6) is 28.7 Å². The van der Waals surface area contributed by atoms with Crippen LogP contribution in [0.4, 0.5) is 0 Å². The van der Waals surface area contributed by atoms with E-state index >= 15 is 0 Å². The number of fused-ring (bicyclic) bond motifs is 3. The molecule has 0 spiro atoms. The van der Waals surface area contributed by atoms with Gasteiger partial charge in [-0.25, -0.2) is 0 Å². The van der Waals surface area contributed by atoms with Gasteiger partial charge in [-0.15, -0.1) is 0 Å². The lowest BCUT2D eigenvalue weighted by Gasteiger charge is -2.42. The molecule has 216 valence electrons. The average molecular weight is 557 g/mol. The van der Waals surface area contributed by atoms with Crippen LogP contribution in [0.2, 0.25) is 0 Å². The van der Waals surface area contributed by atoms with Crippen LogP contribution in [0.15, 0.2) is 24.3 Å². The molecule has 6 rings (SSSR count). The Morgan fingerprint density at radius 2 is 1.62 bits per heavy atom. The Labute approximate surface area is 233 Å². The van der Waals surface area contributed by atoms with Crippen molar-refractivity contribution in [2.45, 2.75) is 63.1 Å². The molecule has 10 heteroatoms. The van der Waals surface area contributed by atoms with Gasteiger partial charge in [0.15, 0.2) is 29.3 Å². The number of aliphatic hydroxyl groups is 1. The highest BCUT2D eigenvalue weighted by atomic mass is 16.7. The lowest BCUT2D eigenvalue weighted by Crippen LogP contribution is -2.43. The minimum atomic E-state index is -0.527. The quantitative estimate of drug-likeness (QED) is 0.477. The molecule has 0 radical (unpaired) electrons. The molecular weight excluding hydrogens is 520 g/mol. The summed E-state index contributed by atoms with van der Waals surface area (Å²) in [6.07, 6.45) is 0.993. The molecule has 3 heterocycles. The highest BCUT2D eigenvalue weighted by molar-refractivity contribution is 5.79. The molecule has 2 fully saturated rings. The fourth-order valence-electron chi connectivity index (χ4n) is 6.62. The second-order valence-corrected chi connectivity index (χ2v) is 10.7. The van der Waals surface area contributed by atoms with Gasteiger partial charge in [0.1, 0.15) is 0 Å². The van der Waals surface area contributed by atoms with E-state index in [4.69, 9.17) is 37.9 Å². The molecule has 2 aromatic rings. The van der Waals surface area contributed by atoms with Crippen LogP contribution in [0.1, 0.15) is 61.3 Å². The standard InChI is InChI=1S/C30H36O10/c1-5-6-20-19(31)7-8-25(39-20)40-28-17-12-22-21(37-14-38-22)11-16(17)26(27-18(28)13-36-30(27)32)15-9-23(33-2)29(35-4)24(10-15)34-3/h9-12,18-20,25-28,31H,5-8,13-14H2,1-4H3/t18-,19+,20-,25-,26+,27-,28-/m0/s1. The van der Waals surface area contributed by atoms with Crippen molar-refractivity contribution >= 4 is 5.97 Å². The number of rotatable bonds is 8. The van der Waals surface area contributed by atoms with E-state index in [-0.39, 0.29) is 37.3 Å². The molecule has 2 saturated heterocycles. The summed E-state index contributed by atoms with van der Waals surface area (Å²) < 4.78 is 46.9. The Bertz CT molecular complexity index is 1240. The van der Waals surface area contributed by atoms with Gasteiger partial charge in [-0.2, -0.15) is 0 Å². The van der Waals surface area contributed by atoms with Gasteiger partial charge < -0.3 is 43.0 Å². The first kappa shape index (κ1) is 27.0. The molecule has 1 aliphatic carbocycles. The summed E-state index contributed by atoms with van der Waals surface area (Å²) >= 11 is 0. The zero-order valence-electron chi connectivity index (χ0n) is 23.2. The second-order valence-electron chi connectivity index (χ2n) is 10.7. The number of methoxy groups -OCH3 is 3. The fourth-order valence-corrected chi connectivity index (χ4v) is 6.62. The maximum Gasteiger partial charge on any atom is 0.310 e. The third-order valence-corrected chi connectivity index (χ3v) is 8.49. The number of cyclic esters (lactones) is 1. The summed E-state index contributed by atoms with van der Waals surface area (Å²) in [5.41, 5.74) is 2.59. The number of esters is 1. The van der Waals surface area contributed by atoms with E-state index in [2.05, 4.69) is 6.92 Å². The van der Waals surface area contributed by atoms with Gasteiger partial charge in [-0.1, -0.05) is 13.3 Å². The molecule has 0 aromatic heterocycles. The van der Waals surface area contributed by atoms with E-state index in [1.807, 2.05) is 24.3 Å². The molecule has 1 N–H and O–H groups in total.